The number of aromatic nitrogens is 4. The zero-order valence-corrected chi connectivity index (χ0v) is 14.7. The molecule has 7 nitrogen and oxygen atoms in total. The number of hydrogen-bond acceptors (Lipinski definition) is 4. The van der Waals surface area contributed by atoms with Gasteiger partial charge in [-0.1, -0.05) is 18.2 Å². The predicted molar refractivity (Wildman–Crippen MR) is 103 cm³/mol. The summed E-state index contributed by atoms with van der Waals surface area (Å²) in [6, 6.07) is 16.3. The first-order chi connectivity index (χ1) is 13.1. The zero-order valence-electron chi connectivity index (χ0n) is 14.7. The molecule has 0 fully saturated rings. The number of rotatable bonds is 4. The van der Waals surface area contributed by atoms with E-state index in [2.05, 4.69) is 15.4 Å². The van der Waals surface area contributed by atoms with E-state index < -0.39 is 0 Å². The highest BCUT2D eigenvalue weighted by atomic mass is 16.2. The highest BCUT2D eigenvalue weighted by Gasteiger charge is 2.12. The molecule has 0 aliphatic rings. The lowest BCUT2D eigenvalue weighted by Gasteiger charge is -2.12. The van der Waals surface area contributed by atoms with E-state index in [1.165, 1.54) is 4.57 Å². The Balaban J connectivity index is 1.58. The van der Waals surface area contributed by atoms with Gasteiger partial charge in [0.1, 0.15) is 12.4 Å². The molecule has 2 aromatic carbocycles. The maximum atomic E-state index is 12.7. The molecule has 2 heterocycles. The van der Waals surface area contributed by atoms with Gasteiger partial charge in [0.05, 0.1) is 16.6 Å². The van der Waals surface area contributed by atoms with Gasteiger partial charge in [-0.25, -0.2) is 9.67 Å². The molecule has 0 saturated carbocycles. The summed E-state index contributed by atoms with van der Waals surface area (Å²) < 4.78 is 3.09. The van der Waals surface area contributed by atoms with Crippen molar-refractivity contribution in [2.75, 3.05) is 5.32 Å². The van der Waals surface area contributed by atoms with Gasteiger partial charge in [-0.15, -0.1) is 0 Å². The minimum Gasteiger partial charge on any atom is -0.324 e. The van der Waals surface area contributed by atoms with Gasteiger partial charge in [-0.05, 0) is 43.3 Å². The van der Waals surface area contributed by atoms with E-state index in [1.54, 1.807) is 42.1 Å². The molecule has 1 amide bonds. The number of benzene rings is 2. The van der Waals surface area contributed by atoms with Crippen molar-refractivity contribution in [2.45, 2.75) is 13.5 Å². The average molecular weight is 359 g/mol. The third-order valence-electron chi connectivity index (χ3n) is 4.25. The highest BCUT2D eigenvalue weighted by Crippen LogP contribution is 2.14. The van der Waals surface area contributed by atoms with E-state index in [1.807, 2.05) is 36.5 Å². The molecule has 0 spiro atoms. The van der Waals surface area contributed by atoms with Crippen LogP contribution in [-0.2, 0) is 11.3 Å². The summed E-state index contributed by atoms with van der Waals surface area (Å²) in [6.07, 6.45) is 3.51. The van der Waals surface area contributed by atoms with Crippen molar-refractivity contribution < 1.29 is 4.79 Å². The van der Waals surface area contributed by atoms with Crippen LogP contribution in [0, 0.1) is 6.92 Å². The van der Waals surface area contributed by atoms with Gasteiger partial charge in [-0.3, -0.25) is 14.2 Å². The van der Waals surface area contributed by atoms with Crippen molar-refractivity contribution in [3.8, 4) is 5.69 Å². The summed E-state index contributed by atoms with van der Waals surface area (Å²) >= 11 is 0. The maximum absolute atomic E-state index is 12.7. The number of carbonyl (C=O) groups is 1. The van der Waals surface area contributed by atoms with E-state index in [9.17, 15) is 9.59 Å². The maximum Gasteiger partial charge on any atom is 0.261 e. The first kappa shape index (κ1) is 16.7. The van der Waals surface area contributed by atoms with E-state index in [0.29, 0.717) is 22.4 Å². The molecular formula is C20H17N5O2. The number of anilines is 1. The molecule has 4 aromatic rings. The van der Waals surface area contributed by atoms with Gasteiger partial charge < -0.3 is 5.32 Å². The summed E-state index contributed by atoms with van der Waals surface area (Å²) in [4.78, 5) is 29.6. The Morgan fingerprint density at radius 3 is 2.78 bits per heavy atom. The summed E-state index contributed by atoms with van der Waals surface area (Å²) in [5, 5.41) is 7.50. The Kier molecular flexibility index (Phi) is 4.25. The number of nitrogens with one attached hydrogen (secondary N) is 1. The molecule has 7 heteroatoms. The van der Waals surface area contributed by atoms with Crippen LogP contribution < -0.4 is 10.9 Å². The lowest BCUT2D eigenvalue weighted by Crippen LogP contribution is -2.30. The first-order valence-electron chi connectivity index (χ1n) is 8.48. The minimum atomic E-state index is -0.296. The number of fused-ring (bicyclic) bond motifs is 1. The molecule has 2 aromatic heterocycles. The lowest BCUT2D eigenvalue weighted by atomic mass is 10.2. The standard InChI is InChI=1S/C20H17N5O2/c1-14-22-18-9-3-2-8-17(18)20(27)24(14)13-19(26)23-15-6-4-7-16(12-15)25-11-5-10-21-25/h2-12H,13H2,1H3,(H,23,26). The largest absolute Gasteiger partial charge is 0.324 e. The number of amides is 1. The van der Waals surface area contributed by atoms with Gasteiger partial charge >= 0.3 is 0 Å². The van der Waals surface area contributed by atoms with Crippen molar-refractivity contribution in [1.82, 2.24) is 19.3 Å². The van der Waals surface area contributed by atoms with Crippen LogP contribution in [0.25, 0.3) is 16.6 Å². The Morgan fingerprint density at radius 2 is 1.96 bits per heavy atom. The minimum absolute atomic E-state index is 0.103. The van der Waals surface area contributed by atoms with Gasteiger partial charge in [0, 0.05) is 18.1 Å². The van der Waals surface area contributed by atoms with Crippen molar-refractivity contribution in [2.24, 2.45) is 0 Å². The zero-order chi connectivity index (χ0) is 18.8. The SMILES string of the molecule is Cc1nc2ccccc2c(=O)n1CC(=O)Nc1cccc(-n2cccn2)c1. The Morgan fingerprint density at radius 1 is 1.11 bits per heavy atom. The molecule has 0 aliphatic carbocycles. The summed E-state index contributed by atoms with van der Waals surface area (Å²) in [5.41, 5.74) is 1.87. The molecule has 4 rings (SSSR count). The van der Waals surface area contributed by atoms with Crippen LogP contribution in [0.5, 0.6) is 0 Å². The molecule has 1 N–H and O–H groups in total. The quantitative estimate of drug-likeness (QED) is 0.607. The smallest absolute Gasteiger partial charge is 0.261 e. The molecule has 0 bridgehead atoms. The van der Waals surface area contributed by atoms with E-state index in [0.717, 1.165) is 5.69 Å². The summed E-state index contributed by atoms with van der Waals surface area (Å²) in [7, 11) is 0. The molecule has 27 heavy (non-hydrogen) atoms. The normalized spacial score (nSPS) is 10.9. The van der Waals surface area contributed by atoms with Gasteiger partial charge in [0.25, 0.3) is 5.56 Å². The molecule has 0 radical (unpaired) electrons. The molecule has 134 valence electrons. The molecule has 0 atom stereocenters. The Hall–Kier alpha value is -3.74. The second-order valence-corrected chi connectivity index (χ2v) is 6.12. The van der Waals surface area contributed by atoms with Crippen molar-refractivity contribution in [3.63, 3.8) is 0 Å². The third-order valence-corrected chi connectivity index (χ3v) is 4.25. The van der Waals surface area contributed by atoms with E-state index in [-0.39, 0.29) is 18.0 Å². The second-order valence-electron chi connectivity index (χ2n) is 6.12. The molecular weight excluding hydrogens is 342 g/mol. The summed E-state index contributed by atoms with van der Waals surface area (Å²) in [5.74, 6) is 0.203. The first-order valence-corrected chi connectivity index (χ1v) is 8.48. The number of para-hydroxylation sites is 1. The van der Waals surface area contributed by atoms with Gasteiger partial charge in [-0.2, -0.15) is 5.10 Å². The number of carbonyl (C=O) groups excluding carboxylic acids is 1. The van der Waals surface area contributed by atoms with Crippen LogP contribution in [0.3, 0.4) is 0 Å². The van der Waals surface area contributed by atoms with Crippen LogP contribution in [0.15, 0.2) is 71.8 Å². The van der Waals surface area contributed by atoms with Crippen molar-refractivity contribution in [3.05, 3.63) is 83.2 Å². The van der Waals surface area contributed by atoms with E-state index in [4.69, 9.17) is 0 Å². The number of hydrogen-bond donors (Lipinski definition) is 1. The average Bonchev–Trinajstić information content (AvgIpc) is 3.20. The van der Waals surface area contributed by atoms with E-state index >= 15 is 0 Å². The summed E-state index contributed by atoms with van der Waals surface area (Å²) in [6.45, 7) is 1.62. The number of aryl methyl sites for hydroxylation is 1. The predicted octanol–water partition coefficient (Wildman–Crippen LogP) is 2.53. The second kappa shape index (κ2) is 6.87. The van der Waals surface area contributed by atoms with Gasteiger partial charge in [0.2, 0.25) is 5.91 Å². The lowest BCUT2D eigenvalue weighted by molar-refractivity contribution is -0.116. The topological polar surface area (TPSA) is 81.8 Å². The van der Waals surface area contributed by atoms with Crippen LogP contribution >= 0.6 is 0 Å². The Labute approximate surface area is 154 Å². The van der Waals surface area contributed by atoms with Crippen LogP contribution in [0.2, 0.25) is 0 Å². The molecule has 0 unspecified atom stereocenters. The van der Waals surface area contributed by atoms with Crippen LogP contribution in [-0.4, -0.2) is 25.2 Å². The molecule has 0 aliphatic heterocycles. The third kappa shape index (κ3) is 3.35. The fraction of sp³-hybridized carbons (Fsp3) is 0.100. The van der Waals surface area contributed by atoms with Crippen LogP contribution in [0.1, 0.15) is 5.82 Å². The fourth-order valence-electron chi connectivity index (χ4n) is 2.96. The van der Waals surface area contributed by atoms with Crippen molar-refractivity contribution in [1.29, 1.82) is 0 Å². The van der Waals surface area contributed by atoms with Crippen LogP contribution in [0.4, 0.5) is 5.69 Å². The Bertz CT molecular complexity index is 1180. The molecule has 0 saturated heterocycles. The monoisotopic (exact) mass is 359 g/mol. The highest BCUT2D eigenvalue weighted by molar-refractivity contribution is 5.91. The number of nitrogens with zero attached hydrogens (tertiary/aromatic N) is 4. The van der Waals surface area contributed by atoms with Crippen molar-refractivity contribution >= 4 is 22.5 Å². The van der Waals surface area contributed by atoms with Gasteiger partial charge in [0.15, 0.2) is 0 Å². The fourth-order valence-corrected chi connectivity index (χ4v) is 2.96.